The van der Waals surface area contributed by atoms with Gasteiger partial charge in [0.25, 0.3) is 0 Å². The first-order valence-corrected chi connectivity index (χ1v) is 8.28. The number of carbonyl (C=O) groups is 3. The highest BCUT2D eigenvalue weighted by molar-refractivity contribution is 6.30. The van der Waals surface area contributed by atoms with Crippen molar-refractivity contribution in [3.05, 3.63) is 58.1 Å². The van der Waals surface area contributed by atoms with Gasteiger partial charge in [0.2, 0.25) is 0 Å². The maximum absolute atomic E-state index is 12.8. The molecule has 0 aliphatic heterocycles. The first kappa shape index (κ1) is 17.8. The van der Waals surface area contributed by atoms with Gasteiger partial charge in [0.15, 0.2) is 17.9 Å². The zero-order chi connectivity index (χ0) is 19.1. The van der Waals surface area contributed by atoms with E-state index in [-0.39, 0.29) is 47.1 Å². The molecule has 134 valence electrons. The van der Waals surface area contributed by atoms with E-state index in [2.05, 4.69) is 0 Å². The zero-order valence-corrected chi connectivity index (χ0v) is 14.2. The maximum Gasteiger partial charge on any atom is 0.198 e. The lowest BCUT2D eigenvalue weighted by Gasteiger charge is -2.23. The summed E-state index contributed by atoms with van der Waals surface area (Å²) in [6, 6.07) is 7.42. The molecule has 0 unspecified atom stereocenters. The minimum atomic E-state index is -1.55. The van der Waals surface area contributed by atoms with Crippen LogP contribution >= 0.6 is 0 Å². The number of hydrogen-bond acceptors (Lipinski definition) is 6. The maximum atomic E-state index is 12.8. The molecule has 1 aliphatic carbocycles. The molecule has 6 nitrogen and oxygen atoms in total. The van der Waals surface area contributed by atoms with Gasteiger partial charge in [-0.25, -0.2) is 0 Å². The topological polar surface area (TPSA) is 112 Å². The number of aldehydes is 1. The fourth-order valence-corrected chi connectivity index (χ4v) is 3.17. The molecular formula is C20H18O6. The molecule has 0 fully saturated rings. The Kier molecular flexibility index (Phi) is 4.38. The van der Waals surface area contributed by atoms with Gasteiger partial charge in [-0.1, -0.05) is 31.2 Å². The molecule has 0 bridgehead atoms. The summed E-state index contributed by atoms with van der Waals surface area (Å²) in [5, 5.41) is 30.9. The lowest BCUT2D eigenvalue weighted by Crippen LogP contribution is -2.30. The Morgan fingerprint density at radius 2 is 1.62 bits per heavy atom. The van der Waals surface area contributed by atoms with Gasteiger partial charge in [0, 0.05) is 11.1 Å². The van der Waals surface area contributed by atoms with Crippen LogP contribution in [0.25, 0.3) is 0 Å². The second-order valence-electron chi connectivity index (χ2n) is 6.43. The van der Waals surface area contributed by atoms with E-state index in [0.717, 1.165) is 0 Å². The van der Waals surface area contributed by atoms with Gasteiger partial charge in [-0.3, -0.25) is 9.59 Å². The third kappa shape index (κ3) is 2.68. The van der Waals surface area contributed by atoms with Crippen molar-refractivity contribution in [2.75, 3.05) is 0 Å². The molecule has 0 heterocycles. The molecule has 6 heteroatoms. The van der Waals surface area contributed by atoms with Crippen LogP contribution in [0.5, 0.6) is 11.5 Å². The van der Waals surface area contributed by atoms with Gasteiger partial charge in [-0.2, -0.15) is 0 Å². The second kappa shape index (κ2) is 6.38. The summed E-state index contributed by atoms with van der Waals surface area (Å²) >= 11 is 0. The first-order valence-electron chi connectivity index (χ1n) is 8.28. The number of rotatable bonds is 5. The number of aromatic hydroxyl groups is 2. The summed E-state index contributed by atoms with van der Waals surface area (Å²) in [6.45, 7) is 1.65. The molecule has 1 atom stereocenters. The van der Waals surface area contributed by atoms with Gasteiger partial charge in [0.1, 0.15) is 17.1 Å². The average molecular weight is 354 g/mol. The van der Waals surface area contributed by atoms with Crippen molar-refractivity contribution in [1.29, 1.82) is 0 Å². The Morgan fingerprint density at radius 1 is 1.04 bits per heavy atom. The number of aryl methyl sites for hydroxylation is 1. The second-order valence-corrected chi connectivity index (χ2v) is 6.43. The van der Waals surface area contributed by atoms with Gasteiger partial charge >= 0.3 is 0 Å². The number of hydrogen-bond donors (Lipinski definition) is 3. The van der Waals surface area contributed by atoms with Crippen LogP contribution in [0.1, 0.15) is 57.2 Å². The number of benzene rings is 2. The van der Waals surface area contributed by atoms with Crippen molar-refractivity contribution in [1.82, 2.24) is 0 Å². The Hall–Kier alpha value is -2.99. The van der Waals surface area contributed by atoms with Crippen LogP contribution in [0.15, 0.2) is 30.3 Å². The molecule has 0 radical (unpaired) electrons. The monoisotopic (exact) mass is 354 g/mol. The predicted molar refractivity (Wildman–Crippen MR) is 92.7 cm³/mol. The smallest absolute Gasteiger partial charge is 0.198 e. The molecule has 26 heavy (non-hydrogen) atoms. The molecule has 0 saturated carbocycles. The lowest BCUT2D eigenvalue weighted by molar-refractivity contribution is -0.124. The van der Waals surface area contributed by atoms with Crippen LogP contribution in [0, 0.1) is 0 Å². The molecule has 3 N–H and O–H groups in total. The van der Waals surface area contributed by atoms with E-state index in [4.69, 9.17) is 0 Å². The Morgan fingerprint density at radius 3 is 2.15 bits per heavy atom. The van der Waals surface area contributed by atoms with Gasteiger partial charge < -0.3 is 20.1 Å². The summed E-state index contributed by atoms with van der Waals surface area (Å²) in [7, 11) is 0. The minimum Gasteiger partial charge on any atom is -0.507 e. The quantitative estimate of drug-likeness (QED) is 0.478. The lowest BCUT2D eigenvalue weighted by atomic mass is 9.81. The van der Waals surface area contributed by atoms with Crippen molar-refractivity contribution >= 4 is 17.9 Å². The Bertz CT molecular complexity index is 930. The van der Waals surface area contributed by atoms with Gasteiger partial charge in [-0.05, 0) is 30.9 Å². The first-order chi connectivity index (χ1) is 12.3. The van der Waals surface area contributed by atoms with Gasteiger partial charge in [0.05, 0.1) is 11.1 Å². The summed E-state index contributed by atoms with van der Waals surface area (Å²) < 4.78 is 0. The Balaban J connectivity index is 2.09. The third-order valence-electron chi connectivity index (χ3n) is 4.89. The van der Waals surface area contributed by atoms with Crippen LogP contribution in [0.4, 0.5) is 0 Å². The fraction of sp³-hybridized carbons (Fsp3) is 0.250. The highest BCUT2D eigenvalue weighted by atomic mass is 16.3. The van der Waals surface area contributed by atoms with Crippen LogP contribution in [-0.2, 0) is 11.2 Å². The van der Waals surface area contributed by atoms with Crippen LogP contribution < -0.4 is 0 Å². The molecule has 2 aromatic rings. The minimum absolute atomic E-state index is 0.0114. The van der Waals surface area contributed by atoms with Crippen molar-refractivity contribution in [2.45, 2.75) is 31.8 Å². The van der Waals surface area contributed by atoms with Gasteiger partial charge in [-0.15, -0.1) is 0 Å². The van der Waals surface area contributed by atoms with Crippen molar-refractivity contribution in [2.24, 2.45) is 0 Å². The number of phenolic OH excluding ortho intramolecular Hbond substituents is 2. The number of carbonyl (C=O) groups excluding carboxylic acids is 3. The van der Waals surface area contributed by atoms with E-state index in [9.17, 15) is 29.7 Å². The molecule has 2 aromatic carbocycles. The molecule has 0 saturated heterocycles. The van der Waals surface area contributed by atoms with E-state index in [1.807, 2.05) is 0 Å². The fourth-order valence-electron chi connectivity index (χ4n) is 3.17. The zero-order valence-electron chi connectivity index (χ0n) is 14.2. The summed E-state index contributed by atoms with van der Waals surface area (Å²) in [4.78, 5) is 36.4. The average Bonchev–Trinajstić information content (AvgIpc) is 2.66. The highest BCUT2D eigenvalue weighted by Crippen LogP contribution is 2.40. The van der Waals surface area contributed by atoms with E-state index in [1.165, 1.54) is 18.2 Å². The largest absolute Gasteiger partial charge is 0.507 e. The number of aliphatic hydroxyl groups is 1. The van der Waals surface area contributed by atoms with Crippen molar-refractivity contribution in [3.63, 3.8) is 0 Å². The molecule has 0 spiro atoms. The van der Waals surface area contributed by atoms with Crippen LogP contribution in [0.2, 0.25) is 0 Å². The van der Waals surface area contributed by atoms with Crippen LogP contribution in [-0.4, -0.2) is 38.8 Å². The summed E-state index contributed by atoms with van der Waals surface area (Å²) in [5.41, 5.74) is -1.49. The molecule has 1 aliphatic rings. The standard InChI is InChI=1S/C20H18O6/c1-2-20(26,10-21)8-7-11-9-14(22)15-16(17(11)23)19(25)13-6-4-3-5-12(13)18(15)24/h3-6,9-10,22-23,26H,2,7-8H2,1H3/t20-/m1/s1. The number of phenols is 2. The Labute approximate surface area is 149 Å². The molecular weight excluding hydrogens is 336 g/mol. The molecule has 0 amide bonds. The van der Waals surface area contributed by atoms with E-state index in [1.54, 1.807) is 19.1 Å². The normalized spacial score (nSPS) is 15.2. The number of fused-ring (bicyclic) bond motifs is 2. The SMILES string of the molecule is CC[C@](O)(C=O)CCc1cc(O)c2c(c1O)C(=O)c1ccccc1C2=O. The number of ketones is 2. The molecule has 3 rings (SSSR count). The highest BCUT2D eigenvalue weighted by Gasteiger charge is 2.35. The van der Waals surface area contributed by atoms with Crippen molar-refractivity contribution in [3.8, 4) is 11.5 Å². The van der Waals surface area contributed by atoms with Crippen LogP contribution in [0.3, 0.4) is 0 Å². The third-order valence-corrected chi connectivity index (χ3v) is 4.89. The molecule has 0 aromatic heterocycles. The summed E-state index contributed by atoms with van der Waals surface area (Å²) in [5.74, 6) is -1.90. The van der Waals surface area contributed by atoms with Crippen molar-refractivity contribution < 1.29 is 29.7 Å². The predicted octanol–water partition coefficient (Wildman–Crippen LogP) is 2.15. The van der Waals surface area contributed by atoms with E-state index >= 15 is 0 Å². The summed E-state index contributed by atoms with van der Waals surface area (Å²) in [6.07, 6.45) is 0.697. The van der Waals surface area contributed by atoms with E-state index in [0.29, 0.717) is 6.29 Å². The van der Waals surface area contributed by atoms with E-state index < -0.39 is 28.7 Å².